The van der Waals surface area contributed by atoms with Gasteiger partial charge in [-0.15, -0.1) is 28.6 Å². The molecule has 0 amide bonds. The van der Waals surface area contributed by atoms with Crippen molar-refractivity contribution in [2.75, 3.05) is 0 Å². The van der Waals surface area contributed by atoms with Gasteiger partial charge >= 0.3 is 21.7 Å². The molecule has 0 saturated heterocycles. The van der Waals surface area contributed by atoms with Gasteiger partial charge in [-0.05, 0) is 0 Å². The van der Waals surface area contributed by atoms with E-state index in [4.69, 9.17) is 5.73 Å². The summed E-state index contributed by atoms with van der Waals surface area (Å²) in [5, 5.41) is 2.80. The van der Waals surface area contributed by atoms with Crippen LogP contribution in [0.5, 0.6) is 0 Å². The van der Waals surface area contributed by atoms with Gasteiger partial charge in [0.25, 0.3) is 0 Å². The topological polar surface area (TPSA) is 23.8 Å². The minimum Gasteiger partial charge on any atom is -1.00 e. The molecule has 0 aliphatic rings. The summed E-state index contributed by atoms with van der Waals surface area (Å²) in [6.07, 6.45) is 0. The average Bonchev–Trinajstić information content (AvgIpc) is 2.47. The number of rotatable bonds is 0. The molecule has 0 aliphatic carbocycles. The monoisotopic (exact) mass is 381 g/mol. The van der Waals surface area contributed by atoms with Crippen molar-refractivity contribution in [3.63, 3.8) is 0 Å². The molecule has 2 aromatic rings. The molecule has 1 aromatic carbocycles. The van der Waals surface area contributed by atoms with Crippen LogP contribution in [-0.2, 0) is 21.7 Å². The van der Waals surface area contributed by atoms with Crippen LogP contribution in [0.1, 0.15) is 20.8 Å². The Balaban J connectivity index is -0.0000000412. The molecule has 0 unspecified atom stereocenters. The fourth-order valence-corrected chi connectivity index (χ4v) is 1.81. The van der Waals surface area contributed by atoms with Crippen LogP contribution in [0, 0.1) is 14.9 Å². The van der Waals surface area contributed by atoms with E-state index in [0.29, 0.717) is 0 Å². The molecule has 1 aromatic heterocycles. The van der Waals surface area contributed by atoms with Crippen LogP contribution in [0.3, 0.4) is 0 Å². The van der Waals surface area contributed by atoms with Gasteiger partial charge in [-0.3, -0.25) is 0 Å². The van der Waals surface area contributed by atoms with Gasteiger partial charge < -0.3 is 45.4 Å². The van der Waals surface area contributed by atoms with Gasteiger partial charge in [0.05, 0.1) is 0 Å². The molecule has 4 radical (unpaired) electrons. The van der Waals surface area contributed by atoms with E-state index < -0.39 is 0 Å². The molecule has 6 heteroatoms. The largest absolute Gasteiger partial charge is 2.00 e. The molecule has 1 N–H and O–H groups in total. The molecular formula is C14H22Cl2NPSiTi-4. The maximum atomic E-state index is 6.94. The Bertz CT molecular complexity index is 369. The van der Waals surface area contributed by atoms with Crippen LogP contribution in [0.4, 0.5) is 0 Å². The van der Waals surface area contributed by atoms with Crippen molar-refractivity contribution in [2.24, 2.45) is 0 Å². The fraction of sp³-hybridized carbons (Fsp3) is 0.286. The van der Waals surface area contributed by atoms with E-state index in [9.17, 15) is 0 Å². The van der Waals surface area contributed by atoms with Crippen LogP contribution in [0.2, 0.25) is 0 Å². The Labute approximate surface area is 158 Å². The molecular weight excluding hydrogens is 360 g/mol. The summed E-state index contributed by atoms with van der Waals surface area (Å²) in [6, 6.07) is 10.6. The molecule has 2 rings (SSSR count). The summed E-state index contributed by atoms with van der Waals surface area (Å²) in [5.41, 5.74) is 6.69. The quantitative estimate of drug-likeness (QED) is 0.434. The predicted octanol–water partition coefficient (Wildman–Crippen LogP) is -0.499. The Morgan fingerprint density at radius 3 is 1.85 bits per heavy atom. The summed E-state index contributed by atoms with van der Waals surface area (Å²) < 4.78 is 0. The third-order valence-electron chi connectivity index (χ3n) is 1.40. The first-order chi connectivity index (χ1) is 6.47. The van der Waals surface area contributed by atoms with Gasteiger partial charge in [0.1, 0.15) is 0 Å². The van der Waals surface area contributed by atoms with Crippen LogP contribution in [0.25, 0.3) is 16.2 Å². The first kappa shape index (κ1) is 37.2. The number of hydrogen-bond acceptors (Lipinski definition) is 0. The molecule has 1 heterocycles. The van der Waals surface area contributed by atoms with Crippen molar-refractivity contribution < 1.29 is 46.5 Å². The van der Waals surface area contributed by atoms with Gasteiger partial charge in [0.15, 0.2) is 0 Å². The maximum absolute atomic E-state index is 6.94. The van der Waals surface area contributed by atoms with E-state index in [-0.39, 0.29) is 77.9 Å². The van der Waals surface area contributed by atoms with Crippen molar-refractivity contribution in [2.45, 2.75) is 26.3 Å². The fourth-order valence-electron chi connectivity index (χ4n) is 0.944. The smallest absolute Gasteiger partial charge is 1.00 e. The minimum atomic E-state index is -0.250. The number of hydrogen-bond donors (Lipinski definition) is 0. The van der Waals surface area contributed by atoms with Crippen molar-refractivity contribution in [3.05, 3.63) is 56.7 Å². The van der Waals surface area contributed by atoms with E-state index in [1.807, 2.05) is 20.8 Å². The Hall–Kier alpha value is 0.731. The van der Waals surface area contributed by atoms with E-state index in [2.05, 4.69) is 36.1 Å². The van der Waals surface area contributed by atoms with Gasteiger partial charge in [-0.1, -0.05) is 26.8 Å². The maximum Gasteiger partial charge on any atom is 2.00 e. The van der Waals surface area contributed by atoms with E-state index in [1.165, 1.54) is 18.7 Å². The zero-order valence-electron chi connectivity index (χ0n) is 12.7. The Kier molecular flexibility index (Phi) is 33.1. The van der Waals surface area contributed by atoms with Crippen molar-refractivity contribution >= 4 is 29.7 Å². The Morgan fingerprint density at radius 1 is 1.05 bits per heavy atom. The summed E-state index contributed by atoms with van der Waals surface area (Å²) in [5.74, 6) is 2.17. The summed E-state index contributed by atoms with van der Waals surface area (Å²) in [6.45, 7) is 5.56. The number of fused-ring (bicyclic) bond motifs is 1. The van der Waals surface area contributed by atoms with E-state index >= 15 is 0 Å². The molecule has 1 nitrogen and oxygen atoms in total. The normalized spacial score (nSPS) is 8.00. The predicted molar refractivity (Wildman–Crippen MR) is 84.7 cm³/mol. The van der Waals surface area contributed by atoms with Crippen LogP contribution in [-0.4, -0.2) is 16.5 Å². The van der Waals surface area contributed by atoms with E-state index in [1.54, 1.807) is 0 Å². The van der Waals surface area contributed by atoms with E-state index in [0.717, 1.165) is 0 Å². The Morgan fingerprint density at radius 2 is 1.45 bits per heavy atom. The van der Waals surface area contributed by atoms with Gasteiger partial charge in [0.2, 0.25) is 0 Å². The zero-order valence-corrected chi connectivity index (χ0v) is 17.6. The van der Waals surface area contributed by atoms with Crippen LogP contribution < -0.4 is 24.8 Å². The number of nitrogens with one attached hydrogen (secondary N) is 1. The average molecular weight is 382 g/mol. The molecule has 0 bridgehead atoms. The summed E-state index contributed by atoms with van der Waals surface area (Å²) in [4.78, 5) is 0. The first-order valence-corrected chi connectivity index (χ1v) is 5.64. The second kappa shape index (κ2) is 17.8. The molecule has 0 aliphatic heterocycles. The number of halogens is 2. The van der Waals surface area contributed by atoms with Crippen LogP contribution >= 0.6 is 8.19 Å². The first-order valence-electron chi connectivity index (χ1n) is 4.68. The van der Waals surface area contributed by atoms with Gasteiger partial charge in [-0.25, -0.2) is 0 Å². The molecule has 114 valence electrons. The minimum absolute atomic E-state index is 0. The second-order valence-electron chi connectivity index (χ2n) is 4.25. The molecule has 0 fully saturated rings. The van der Waals surface area contributed by atoms with Crippen molar-refractivity contribution in [3.8, 4) is 0 Å². The third-order valence-corrected chi connectivity index (χ3v) is 2.39. The third kappa shape index (κ3) is 18.7. The number of benzene rings is 1. The standard InChI is InChI=1S/C8H6P.C4H10N.2CH3.2ClH.Si.Ti/c1-2-4-8-7(3-1)5-6-9-8;1-4(2,3)5;;;;;;/h1-6H;5H,1-3H3;2*1H3;2*1H;;/q4*-1;;;;+2/p-2. The summed E-state index contributed by atoms with van der Waals surface area (Å²) in [7, 11) is 1.34. The molecule has 0 atom stereocenters. The van der Waals surface area contributed by atoms with Crippen LogP contribution in [0.15, 0.2) is 36.1 Å². The zero-order chi connectivity index (χ0) is 10.6. The molecule has 20 heavy (non-hydrogen) atoms. The SMILES string of the molecule is CC(C)(C)[NH-].[CH3-].[CH3-].[Cl-].[Cl-].[Si].[Ti+2].c1ccc2pc[cH-]c2c1. The second-order valence-corrected chi connectivity index (χ2v) is 5.29. The van der Waals surface area contributed by atoms with Crippen molar-refractivity contribution in [1.82, 2.24) is 0 Å². The molecule has 0 saturated carbocycles. The van der Waals surface area contributed by atoms with Crippen molar-refractivity contribution in [1.29, 1.82) is 0 Å². The summed E-state index contributed by atoms with van der Waals surface area (Å²) >= 11 is 0. The van der Waals surface area contributed by atoms with Gasteiger partial charge in [0, 0.05) is 11.0 Å². The molecule has 0 spiro atoms. The van der Waals surface area contributed by atoms with Gasteiger partial charge in [-0.2, -0.15) is 25.7 Å².